The zero-order valence-corrected chi connectivity index (χ0v) is 21.9. The van der Waals surface area contributed by atoms with Gasteiger partial charge in [0.2, 0.25) is 0 Å². The number of fused-ring (bicyclic) bond motifs is 4. The van der Waals surface area contributed by atoms with Crippen LogP contribution in [-0.2, 0) is 10.3 Å². The number of piperidine rings is 1. The Bertz CT molecular complexity index is 1010. The Morgan fingerprint density at radius 1 is 1.16 bits per heavy atom. The minimum Gasteiger partial charge on any atom is -0.423 e. The van der Waals surface area contributed by atoms with Gasteiger partial charge in [0.15, 0.2) is 8.24 Å². The SMILES string of the molecule is CC1C2(CCNCC2)CC12OB(O)c1cnc3c(ccn3[Si](C(C)C)(C(C)C)C(C)C)c12. The highest BCUT2D eigenvalue weighted by atomic mass is 28.3. The summed E-state index contributed by atoms with van der Waals surface area (Å²) < 4.78 is 9.03. The molecule has 2 aliphatic heterocycles. The van der Waals surface area contributed by atoms with Crippen LogP contribution >= 0.6 is 0 Å². The van der Waals surface area contributed by atoms with E-state index in [0.29, 0.717) is 28.0 Å². The Labute approximate surface area is 194 Å². The number of hydrogen-bond donors (Lipinski definition) is 2. The molecular formula is C25H40BN3O2Si. The molecule has 4 heterocycles. The molecule has 2 N–H and O–H groups in total. The minimum absolute atomic E-state index is 0.330. The maximum Gasteiger partial charge on any atom is 0.493 e. The summed E-state index contributed by atoms with van der Waals surface area (Å²) in [6.45, 7) is 18.9. The topological polar surface area (TPSA) is 59.3 Å². The van der Waals surface area contributed by atoms with E-state index in [0.717, 1.165) is 30.6 Å². The van der Waals surface area contributed by atoms with Crippen molar-refractivity contribution in [1.82, 2.24) is 14.5 Å². The second-order valence-electron chi connectivity index (χ2n) is 11.7. The molecule has 2 unspecified atom stereocenters. The molecule has 0 radical (unpaired) electrons. The lowest BCUT2D eigenvalue weighted by molar-refractivity contribution is -0.188. The Kier molecular flexibility index (Phi) is 5.25. The van der Waals surface area contributed by atoms with E-state index < -0.39 is 15.4 Å². The van der Waals surface area contributed by atoms with Gasteiger partial charge in [-0.1, -0.05) is 48.5 Å². The fourth-order valence-corrected chi connectivity index (χ4v) is 15.0. The second-order valence-corrected chi connectivity index (χ2v) is 17.5. The fourth-order valence-electron chi connectivity index (χ4n) is 8.41. The summed E-state index contributed by atoms with van der Waals surface area (Å²) >= 11 is 0. The summed E-state index contributed by atoms with van der Waals surface area (Å²) in [4.78, 5) is 4.98. The van der Waals surface area contributed by atoms with Crippen LogP contribution < -0.4 is 10.8 Å². The van der Waals surface area contributed by atoms with Crippen LogP contribution in [0.3, 0.4) is 0 Å². The van der Waals surface area contributed by atoms with Gasteiger partial charge in [0.25, 0.3) is 0 Å². The van der Waals surface area contributed by atoms with E-state index in [2.05, 4.69) is 70.3 Å². The highest BCUT2D eigenvalue weighted by Gasteiger charge is 2.67. The van der Waals surface area contributed by atoms with Crippen molar-refractivity contribution in [2.24, 2.45) is 11.3 Å². The first kappa shape index (κ1) is 22.6. The number of nitrogens with one attached hydrogen (secondary N) is 1. The molecule has 7 heteroatoms. The average molecular weight is 454 g/mol. The van der Waals surface area contributed by atoms with E-state index >= 15 is 0 Å². The van der Waals surface area contributed by atoms with Crippen molar-refractivity contribution in [3.8, 4) is 0 Å². The van der Waals surface area contributed by atoms with Crippen molar-refractivity contribution < 1.29 is 9.68 Å². The van der Waals surface area contributed by atoms with E-state index in [1.165, 1.54) is 23.8 Å². The van der Waals surface area contributed by atoms with Gasteiger partial charge in [-0.2, -0.15) is 0 Å². The van der Waals surface area contributed by atoms with Crippen molar-refractivity contribution in [2.45, 2.75) is 90.0 Å². The van der Waals surface area contributed by atoms with E-state index in [4.69, 9.17) is 9.64 Å². The van der Waals surface area contributed by atoms with Crippen LogP contribution in [-0.4, -0.2) is 42.7 Å². The van der Waals surface area contributed by atoms with Gasteiger partial charge in [0.1, 0.15) is 5.65 Å². The van der Waals surface area contributed by atoms with Gasteiger partial charge in [0, 0.05) is 17.0 Å². The Balaban J connectivity index is 1.68. The third-order valence-corrected chi connectivity index (χ3v) is 16.5. The van der Waals surface area contributed by atoms with Crippen LogP contribution in [0, 0.1) is 11.3 Å². The van der Waals surface area contributed by atoms with E-state index in [1.807, 2.05) is 6.20 Å². The van der Waals surface area contributed by atoms with Crippen molar-refractivity contribution in [2.75, 3.05) is 13.1 Å². The van der Waals surface area contributed by atoms with Gasteiger partial charge in [-0.05, 0) is 78.1 Å². The van der Waals surface area contributed by atoms with Crippen LogP contribution in [0.25, 0.3) is 11.0 Å². The minimum atomic E-state index is -1.92. The molecule has 1 aliphatic carbocycles. The molecule has 0 aromatic carbocycles. The Hall–Kier alpha value is -1.15. The molecule has 0 amide bonds. The Morgan fingerprint density at radius 2 is 1.78 bits per heavy atom. The monoisotopic (exact) mass is 453 g/mol. The predicted octanol–water partition coefficient (Wildman–Crippen LogP) is 4.38. The number of rotatable bonds is 4. The first-order valence-electron chi connectivity index (χ1n) is 12.7. The molecule has 1 saturated heterocycles. The molecule has 174 valence electrons. The van der Waals surface area contributed by atoms with Gasteiger partial charge < -0.3 is 19.2 Å². The van der Waals surface area contributed by atoms with Crippen LogP contribution in [0.4, 0.5) is 0 Å². The maximum atomic E-state index is 10.9. The molecule has 1 saturated carbocycles. The molecule has 2 aromatic heterocycles. The van der Waals surface area contributed by atoms with Crippen LogP contribution in [0.5, 0.6) is 0 Å². The lowest BCUT2D eigenvalue weighted by Crippen LogP contribution is -2.61. The lowest BCUT2D eigenvalue weighted by atomic mass is 9.47. The number of aromatic nitrogens is 2. The van der Waals surface area contributed by atoms with Crippen molar-refractivity contribution in [3.63, 3.8) is 0 Å². The molecule has 2 aromatic rings. The van der Waals surface area contributed by atoms with Crippen LogP contribution in [0.2, 0.25) is 16.6 Å². The van der Waals surface area contributed by atoms with E-state index in [1.54, 1.807) is 0 Å². The number of pyridine rings is 1. The van der Waals surface area contributed by atoms with Gasteiger partial charge in [-0.15, -0.1) is 0 Å². The molecule has 2 spiro atoms. The van der Waals surface area contributed by atoms with E-state index in [9.17, 15) is 5.02 Å². The highest BCUT2D eigenvalue weighted by Crippen LogP contribution is 2.66. The third kappa shape index (κ3) is 2.65. The normalized spacial score (nSPS) is 27.3. The standard InChI is InChI=1S/C25H40BN3O2Si/c1-16(2)32(17(3)4,18(5)6)29-13-8-20-22-21(14-28-23(20)29)26(30)31-25(22)15-24(19(25)7)9-11-27-12-10-24/h8,13-14,16-19,27,30H,9-12,15H2,1-7H3. The first-order chi connectivity index (χ1) is 15.1. The van der Waals surface area contributed by atoms with Gasteiger partial charge in [0.05, 0.1) is 5.60 Å². The maximum absolute atomic E-state index is 10.9. The molecule has 3 aliphatic rings. The molecule has 5 nitrogen and oxygen atoms in total. The summed E-state index contributed by atoms with van der Waals surface area (Å²) in [5.74, 6) is 0.393. The molecule has 5 rings (SSSR count). The summed E-state index contributed by atoms with van der Waals surface area (Å²) in [7, 11) is -2.78. The summed E-state index contributed by atoms with van der Waals surface area (Å²) in [5.41, 5.74) is 4.97. The molecular weight excluding hydrogens is 413 g/mol. The van der Waals surface area contributed by atoms with Crippen LogP contribution in [0.1, 0.15) is 73.3 Å². The number of hydrogen-bond acceptors (Lipinski definition) is 4. The van der Waals surface area contributed by atoms with Crippen molar-refractivity contribution in [1.29, 1.82) is 0 Å². The summed E-state index contributed by atoms with van der Waals surface area (Å²) in [5, 5.41) is 15.6. The van der Waals surface area contributed by atoms with Crippen molar-refractivity contribution >= 4 is 31.9 Å². The fraction of sp³-hybridized carbons (Fsp3) is 0.720. The lowest BCUT2D eigenvalue weighted by Gasteiger charge is -2.62. The summed E-state index contributed by atoms with van der Waals surface area (Å²) in [6.07, 6.45) is 7.63. The zero-order chi connectivity index (χ0) is 23.1. The third-order valence-electron chi connectivity index (χ3n) is 9.78. The number of nitrogens with zero attached hydrogens (tertiary/aromatic N) is 2. The van der Waals surface area contributed by atoms with Crippen molar-refractivity contribution in [3.05, 3.63) is 24.0 Å². The average Bonchev–Trinajstić information content (AvgIpc) is 3.29. The molecule has 2 atom stereocenters. The van der Waals surface area contributed by atoms with Crippen LogP contribution in [0.15, 0.2) is 18.5 Å². The van der Waals surface area contributed by atoms with E-state index in [-0.39, 0.29) is 5.60 Å². The summed E-state index contributed by atoms with van der Waals surface area (Å²) in [6, 6.07) is 2.28. The quantitative estimate of drug-likeness (QED) is 0.675. The van der Waals surface area contributed by atoms with Gasteiger partial charge in [-0.25, -0.2) is 4.98 Å². The second kappa shape index (κ2) is 7.42. The van der Waals surface area contributed by atoms with Gasteiger partial charge >= 0.3 is 7.12 Å². The predicted molar refractivity (Wildman–Crippen MR) is 135 cm³/mol. The van der Waals surface area contributed by atoms with Gasteiger partial charge in [-0.3, -0.25) is 0 Å². The first-order valence-corrected chi connectivity index (χ1v) is 14.9. The molecule has 0 bridgehead atoms. The molecule has 2 fully saturated rings. The highest BCUT2D eigenvalue weighted by molar-refractivity contribution is 6.82. The molecule has 32 heavy (non-hydrogen) atoms. The smallest absolute Gasteiger partial charge is 0.423 e. The zero-order valence-electron chi connectivity index (χ0n) is 20.9. The largest absolute Gasteiger partial charge is 0.493 e. The Morgan fingerprint density at radius 3 is 2.34 bits per heavy atom.